The van der Waals surface area contributed by atoms with Crippen LogP contribution in [0.25, 0.3) is 12.2 Å². The predicted octanol–water partition coefficient (Wildman–Crippen LogP) is 8.41. The SMILES string of the molecule is CCCC1CCC(c2ccc(/C=C/c3ccc(OCC)c(F)c3C(F)F)cc2)CC1. The summed E-state index contributed by atoms with van der Waals surface area (Å²) in [5.74, 6) is 0.375. The second-order valence-electron chi connectivity index (χ2n) is 8.12. The van der Waals surface area contributed by atoms with Gasteiger partial charge in [0.15, 0.2) is 11.6 Å². The molecule has 0 aromatic heterocycles. The Morgan fingerprint density at radius 2 is 1.67 bits per heavy atom. The van der Waals surface area contributed by atoms with E-state index >= 15 is 0 Å². The largest absolute Gasteiger partial charge is 0.491 e. The van der Waals surface area contributed by atoms with Crippen LogP contribution in [0.1, 0.15) is 87.0 Å². The lowest BCUT2D eigenvalue weighted by Gasteiger charge is -2.28. The first-order valence-electron chi connectivity index (χ1n) is 11.0. The highest BCUT2D eigenvalue weighted by Crippen LogP contribution is 2.37. The lowest BCUT2D eigenvalue weighted by Crippen LogP contribution is -2.13. The van der Waals surface area contributed by atoms with Crippen molar-refractivity contribution >= 4 is 12.2 Å². The van der Waals surface area contributed by atoms with Gasteiger partial charge in [0.05, 0.1) is 12.2 Å². The van der Waals surface area contributed by atoms with Crippen LogP contribution in [-0.4, -0.2) is 6.61 Å². The Kier molecular flexibility index (Phi) is 8.01. The molecule has 3 rings (SSSR count). The summed E-state index contributed by atoms with van der Waals surface area (Å²) < 4.78 is 46.4. The first-order chi connectivity index (χ1) is 14.5. The second kappa shape index (κ2) is 10.7. The normalized spacial score (nSPS) is 19.5. The summed E-state index contributed by atoms with van der Waals surface area (Å²) in [5, 5.41) is 0. The smallest absolute Gasteiger partial charge is 0.267 e. The molecule has 162 valence electrons. The molecule has 1 saturated carbocycles. The molecule has 0 radical (unpaired) electrons. The van der Waals surface area contributed by atoms with E-state index in [-0.39, 0.29) is 17.9 Å². The van der Waals surface area contributed by atoms with Gasteiger partial charge in [-0.1, -0.05) is 62.2 Å². The van der Waals surface area contributed by atoms with Crippen LogP contribution in [0.5, 0.6) is 5.75 Å². The summed E-state index contributed by atoms with van der Waals surface area (Å²) in [6.07, 6.45) is 8.08. The first kappa shape index (κ1) is 22.5. The average molecular weight is 417 g/mol. The van der Waals surface area contributed by atoms with Gasteiger partial charge in [0.1, 0.15) is 0 Å². The minimum Gasteiger partial charge on any atom is -0.491 e. The van der Waals surface area contributed by atoms with Crippen molar-refractivity contribution in [3.63, 3.8) is 0 Å². The number of benzene rings is 2. The molecule has 1 aliphatic carbocycles. The van der Waals surface area contributed by atoms with Crippen LogP contribution in [0.15, 0.2) is 36.4 Å². The molecule has 0 atom stereocenters. The monoisotopic (exact) mass is 416 g/mol. The van der Waals surface area contributed by atoms with Gasteiger partial charge >= 0.3 is 0 Å². The molecule has 0 saturated heterocycles. The van der Waals surface area contributed by atoms with Gasteiger partial charge in [-0.2, -0.15) is 0 Å². The second-order valence-corrected chi connectivity index (χ2v) is 8.12. The zero-order valence-electron chi connectivity index (χ0n) is 17.8. The van der Waals surface area contributed by atoms with Crippen LogP contribution in [0.3, 0.4) is 0 Å². The Hall–Kier alpha value is -2.23. The summed E-state index contributed by atoms with van der Waals surface area (Å²) in [5.41, 5.74) is 1.82. The molecule has 0 bridgehead atoms. The van der Waals surface area contributed by atoms with Gasteiger partial charge in [-0.25, -0.2) is 13.2 Å². The summed E-state index contributed by atoms with van der Waals surface area (Å²) >= 11 is 0. The van der Waals surface area contributed by atoms with Crippen LogP contribution in [0.4, 0.5) is 13.2 Å². The zero-order chi connectivity index (χ0) is 21.5. The molecule has 1 nitrogen and oxygen atoms in total. The van der Waals surface area contributed by atoms with Gasteiger partial charge < -0.3 is 4.74 Å². The lowest BCUT2D eigenvalue weighted by atomic mass is 9.77. The van der Waals surface area contributed by atoms with Crippen LogP contribution >= 0.6 is 0 Å². The van der Waals surface area contributed by atoms with Crippen molar-refractivity contribution in [1.82, 2.24) is 0 Å². The Morgan fingerprint density at radius 1 is 0.967 bits per heavy atom. The summed E-state index contributed by atoms with van der Waals surface area (Å²) in [4.78, 5) is 0. The fourth-order valence-corrected chi connectivity index (χ4v) is 4.48. The number of ether oxygens (including phenoxy) is 1. The summed E-state index contributed by atoms with van der Waals surface area (Å²) in [6, 6.07) is 11.2. The van der Waals surface area contributed by atoms with E-state index in [1.807, 2.05) is 12.1 Å². The van der Waals surface area contributed by atoms with E-state index in [2.05, 4.69) is 19.1 Å². The molecule has 4 heteroatoms. The minimum atomic E-state index is -2.91. The molecule has 0 N–H and O–H groups in total. The van der Waals surface area contributed by atoms with Crippen LogP contribution in [0.2, 0.25) is 0 Å². The van der Waals surface area contributed by atoms with Crippen LogP contribution < -0.4 is 4.74 Å². The molecule has 0 unspecified atom stereocenters. The quantitative estimate of drug-likeness (QED) is 0.393. The van der Waals surface area contributed by atoms with E-state index in [0.29, 0.717) is 5.92 Å². The first-order valence-corrected chi connectivity index (χ1v) is 11.0. The summed E-state index contributed by atoms with van der Waals surface area (Å²) in [7, 11) is 0. The molecular formula is C26H31F3O. The Bertz CT molecular complexity index is 834. The lowest BCUT2D eigenvalue weighted by molar-refractivity contribution is 0.144. The van der Waals surface area contributed by atoms with Gasteiger partial charge in [0, 0.05) is 0 Å². The number of hydrogen-bond donors (Lipinski definition) is 0. The molecule has 0 heterocycles. The Morgan fingerprint density at radius 3 is 2.27 bits per heavy atom. The highest BCUT2D eigenvalue weighted by molar-refractivity contribution is 5.72. The maximum Gasteiger partial charge on any atom is 0.267 e. The van der Waals surface area contributed by atoms with Gasteiger partial charge in [-0.15, -0.1) is 0 Å². The highest BCUT2D eigenvalue weighted by atomic mass is 19.3. The molecule has 30 heavy (non-hydrogen) atoms. The maximum absolute atomic E-state index is 14.4. The molecule has 2 aromatic carbocycles. The molecular weight excluding hydrogens is 385 g/mol. The molecule has 1 fully saturated rings. The minimum absolute atomic E-state index is 0.136. The van der Waals surface area contributed by atoms with Crippen molar-refractivity contribution in [3.8, 4) is 5.75 Å². The fourth-order valence-electron chi connectivity index (χ4n) is 4.48. The summed E-state index contributed by atoms with van der Waals surface area (Å²) in [6.45, 7) is 4.17. The van der Waals surface area contributed by atoms with E-state index < -0.39 is 17.8 Å². The van der Waals surface area contributed by atoms with E-state index in [0.717, 1.165) is 11.5 Å². The van der Waals surface area contributed by atoms with Crippen LogP contribution in [-0.2, 0) is 0 Å². The van der Waals surface area contributed by atoms with Gasteiger partial charge in [0.2, 0.25) is 0 Å². The third-order valence-corrected chi connectivity index (χ3v) is 6.10. The molecule has 1 aliphatic rings. The molecule has 0 amide bonds. The van der Waals surface area contributed by atoms with E-state index in [1.165, 1.54) is 56.2 Å². The molecule has 0 aliphatic heterocycles. The Balaban J connectivity index is 1.71. The van der Waals surface area contributed by atoms with E-state index in [1.54, 1.807) is 19.1 Å². The number of halogens is 3. The van der Waals surface area contributed by atoms with Crippen molar-refractivity contribution in [2.45, 2.75) is 64.7 Å². The van der Waals surface area contributed by atoms with Crippen molar-refractivity contribution in [2.75, 3.05) is 6.61 Å². The predicted molar refractivity (Wildman–Crippen MR) is 118 cm³/mol. The topological polar surface area (TPSA) is 9.23 Å². The van der Waals surface area contributed by atoms with Crippen molar-refractivity contribution in [1.29, 1.82) is 0 Å². The van der Waals surface area contributed by atoms with E-state index in [9.17, 15) is 13.2 Å². The average Bonchev–Trinajstić information content (AvgIpc) is 2.75. The van der Waals surface area contributed by atoms with Gasteiger partial charge in [0.25, 0.3) is 6.43 Å². The third-order valence-electron chi connectivity index (χ3n) is 6.10. The Labute approximate surface area is 178 Å². The zero-order valence-corrected chi connectivity index (χ0v) is 17.8. The van der Waals surface area contributed by atoms with Crippen molar-refractivity contribution in [2.24, 2.45) is 5.92 Å². The number of alkyl halides is 2. The number of rotatable bonds is 8. The number of hydrogen-bond acceptors (Lipinski definition) is 1. The van der Waals surface area contributed by atoms with Gasteiger partial charge in [-0.05, 0) is 67.2 Å². The maximum atomic E-state index is 14.4. The standard InChI is InChI=1S/C26H31F3O/c1-3-5-18-6-11-20(12-7-18)21-13-8-19(9-14-21)10-15-22-16-17-23(30-4-2)25(27)24(22)26(28)29/h8-10,13-18,20,26H,3-7,11-12H2,1-2H3/b15-10+. The third kappa shape index (κ3) is 5.47. The molecule has 0 spiro atoms. The van der Waals surface area contributed by atoms with Crippen molar-refractivity contribution in [3.05, 3.63) is 64.5 Å². The van der Waals surface area contributed by atoms with Crippen molar-refractivity contribution < 1.29 is 17.9 Å². The van der Waals surface area contributed by atoms with Crippen LogP contribution in [0, 0.1) is 11.7 Å². The fraction of sp³-hybridized carbons (Fsp3) is 0.462. The highest BCUT2D eigenvalue weighted by Gasteiger charge is 2.22. The van der Waals surface area contributed by atoms with E-state index in [4.69, 9.17) is 4.74 Å². The van der Waals surface area contributed by atoms with Gasteiger partial charge in [-0.3, -0.25) is 0 Å². The molecule has 2 aromatic rings.